The molecule has 4 heteroatoms. The molecule has 2 aromatic rings. The van der Waals surface area contributed by atoms with Gasteiger partial charge >= 0.3 is 5.97 Å². The van der Waals surface area contributed by atoms with Gasteiger partial charge in [-0.1, -0.05) is 60.7 Å². The highest BCUT2D eigenvalue weighted by atomic mass is 16.5. The summed E-state index contributed by atoms with van der Waals surface area (Å²) in [7, 11) is 1.34. The number of ether oxygens (including phenoxy) is 1. The van der Waals surface area contributed by atoms with Gasteiger partial charge in [0, 0.05) is 19.5 Å². The molecule has 0 saturated carbocycles. The number of methoxy groups -OCH3 is 1. The van der Waals surface area contributed by atoms with Crippen molar-refractivity contribution >= 4 is 11.8 Å². The fraction of sp³-hybridized carbons (Fsp3) is 0.333. The lowest BCUT2D eigenvalue weighted by Crippen LogP contribution is -2.38. The van der Waals surface area contributed by atoms with E-state index in [-0.39, 0.29) is 30.6 Å². The lowest BCUT2D eigenvalue weighted by atomic mass is 10.1. The summed E-state index contributed by atoms with van der Waals surface area (Å²) in [4.78, 5) is 26.0. The Morgan fingerprint density at radius 3 is 1.80 bits per heavy atom. The molecule has 1 unspecified atom stereocenters. The molecule has 0 heterocycles. The number of Topliss-reactive ketones (excluding diaryl/α,β-unsaturated/α-hetero) is 1. The Hall–Kier alpha value is -2.46. The predicted octanol–water partition coefficient (Wildman–Crippen LogP) is 3.60. The third-order valence-corrected chi connectivity index (χ3v) is 4.27. The molecule has 0 N–H and O–H groups in total. The summed E-state index contributed by atoms with van der Waals surface area (Å²) in [6.45, 7) is 3.27. The average Bonchev–Trinajstić information content (AvgIpc) is 2.66. The second-order valence-corrected chi connectivity index (χ2v) is 6.09. The van der Waals surface area contributed by atoms with Crippen molar-refractivity contribution in [1.29, 1.82) is 0 Å². The summed E-state index contributed by atoms with van der Waals surface area (Å²) >= 11 is 0. The van der Waals surface area contributed by atoms with Crippen molar-refractivity contribution in [2.24, 2.45) is 0 Å². The average molecular weight is 339 g/mol. The second-order valence-electron chi connectivity index (χ2n) is 6.09. The van der Waals surface area contributed by atoms with Crippen LogP contribution in [-0.2, 0) is 27.4 Å². The zero-order valence-electron chi connectivity index (χ0n) is 14.9. The van der Waals surface area contributed by atoms with Crippen LogP contribution in [0.2, 0.25) is 0 Å². The van der Waals surface area contributed by atoms with Gasteiger partial charge < -0.3 is 4.74 Å². The summed E-state index contributed by atoms with van der Waals surface area (Å²) in [5.41, 5.74) is 2.32. The summed E-state index contributed by atoms with van der Waals surface area (Å²) in [5.74, 6) is -0.296. The molecule has 0 aliphatic carbocycles. The van der Waals surface area contributed by atoms with Crippen LogP contribution in [0, 0.1) is 0 Å². The molecule has 0 fully saturated rings. The van der Waals surface area contributed by atoms with Gasteiger partial charge in [0.25, 0.3) is 0 Å². The number of carbonyl (C=O) groups is 2. The molecule has 2 aromatic carbocycles. The van der Waals surface area contributed by atoms with Gasteiger partial charge in [-0.15, -0.1) is 0 Å². The van der Waals surface area contributed by atoms with Crippen LogP contribution >= 0.6 is 0 Å². The first kappa shape index (κ1) is 18.9. The van der Waals surface area contributed by atoms with Gasteiger partial charge in [-0.25, -0.2) is 0 Å². The van der Waals surface area contributed by atoms with Crippen LogP contribution in [0.3, 0.4) is 0 Å². The molecule has 0 aliphatic heterocycles. The van der Waals surface area contributed by atoms with Gasteiger partial charge in [-0.05, 0) is 18.1 Å². The number of benzene rings is 2. The third-order valence-electron chi connectivity index (χ3n) is 4.27. The first-order chi connectivity index (χ1) is 12.1. The largest absolute Gasteiger partial charge is 0.469 e. The van der Waals surface area contributed by atoms with Crippen LogP contribution < -0.4 is 0 Å². The van der Waals surface area contributed by atoms with Gasteiger partial charge in [0.15, 0.2) is 0 Å². The molecule has 0 spiro atoms. The number of hydrogen-bond acceptors (Lipinski definition) is 4. The zero-order chi connectivity index (χ0) is 18.1. The fourth-order valence-electron chi connectivity index (χ4n) is 2.71. The molecule has 1 atom stereocenters. The summed E-state index contributed by atoms with van der Waals surface area (Å²) < 4.78 is 4.63. The van der Waals surface area contributed by atoms with Crippen molar-refractivity contribution in [2.75, 3.05) is 7.11 Å². The second kappa shape index (κ2) is 9.74. The van der Waals surface area contributed by atoms with E-state index in [9.17, 15) is 9.59 Å². The van der Waals surface area contributed by atoms with Crippen molar-refractivity contribution in [3.63, 3.8) is 0 Å². The molecule has 0 radical (unpaired) electrons. The predicted molar refractivity (Wildman–Crippen MR) is 97.9 cm³/mol. The SMILES string of the molecule is COC(=O)CCC(=O)C(C)N(Cc1ccccc1)Cc1ccccc1. The highest BCUT2D eigenvalue weighted by Crippen LogP contribution is 2.15. The molecule has 0 aliphatic rings. The van der Waals surface area contributed by atoms with Gasteiger partial charge in [-0.2, -0.15) is 0 Å². The van der Waals surface area contributed by atoms with Crippen LogP contribution in [0.5, 0.6) is 0 Å². The standard InChI is InChI=1S/C21H25NO3/c1-17(20(23)13-14-21(24)25-2)22(15-18-9-5-3-6-10-18)16-19-11-7-4-8-12-19/h3-12,17H,13-16H2,1-2H3. The number of rotatable bonds is 9. The van der Waals surface area contributed by atoms with Crippen molar-refractivity contribution < 1.29 is 14.3 Å². The van der Waals surface area contributed by atoms with Crippen LogP contribution in [-0.4, -0.2) is 29.8 Å². The molecule has 132 valence electrons. The van der Waals surface area contributed by atoms with E-state index < -0.39 is 0 Å². The summed E-state index contributed by atoms with van der Waals surface area (Å²) in [6.07, 6.45) is 0.331. The first-order valence-corrected chi connectivity index (χ1v) is 8.51. The van der Waals surface area contributed by atoms with E-state index >= 15 is 0 Å². The maximum absolute atomic E-state index is 12.5. The lowest BCUT2D eigenvalue weighted by molar-refractivity contribution is -0.142. The van der Waals surface area contributed by atoms with Crippen molar-refractivity contribution in [3.8, 4) is 0 Å². The smallest absolute Gasteiger partial charge is 0.305 e. The molecule has 2 rings (SSSR count). The third kappa shape index (κ3) is 6.16. The van der Waals surface area contributed by atoms with Crippen molar-refractivity contribution in [1.82, 2.24) is 4.90 Å². The van der Waals surface area contributed by atoms with Crippen molar-refractivity contribution in [2.45, 2.75) is 38.9 Å². The topological polar surface area (TPSA) is 46.6 Å². The minimum absolute atomic E-state index is 0.0530. The maximum atomic E-state index is 12.5. The van der Waals surface area contributed by atoms with E-state index in [1.165, 1.54) is 7.11 Å². The van der Waals surface area contributed by atoms with Gasteiger partial charge in [0.1, 0.15) is 5.78 Å². The van der Waals surface area contributed by atoms with Gasteiger partial charge in [0.05, 0.1) is 19.6 Å². The Labute approximate surface area is 149 Å². The highest BCUT2D eigenvalue weighted by molar-refractivity contribution is 5.86. The van der Waals surface area contributed by atoms with E-state index in [1.807, 2.05) is 43.3 Å². The fourth-order valence-corrected chi connectivity index (χ4v) is 2.71. The highest BCUT2D eigenvalue weighted by Gasteiger charge is 2.22. The van der Waals surface area contributed by atoms with E-state index in [4.69, 9.17) is 0 Å². The Morgan fingerprint density at radius 1 is 0.880 bits per heavy atom. The minimum atomic E-state index is -0.349. The molecule has 4 nitrogen and oxygen atoms in total. The number of nitrogens with zero attached hydrogens (tertiary/aromatic N) is 1. The van der Waals surface area contributed by atoms with Gasteiger partial charge in [0.2, 0.25) is 0 Å². The quantitative estimate of drug-likeness (QED) is 0.655. The molecule has 0 amide bonds. The molecule has 0 aromatic heterocycles. The van der Waals surface area contributed by atoms with E-state index in [0.29, 0.717) is 13.1 Å². The van der Waals surface area contributed by atoms with E-state index in [1.54, 1.807) is 0 Å². The molecular formula is C21H25NO3. The summed E-state index contributed by atoms with van der Waals surface area (Å²) in [5, 5.41) is 0. The normalized spacial score (nSPS) is 12.0. The van der Waals surface area contributed by atoms with E-state index in [2.05, 4.69) is 33.9 Å². The Bertz CT molecular complexity index is 629. The number of ketones is 1. The monoisotopic (exact) mass is 339 g/mol. The van der Waals surface area contributed by atoms with Crippen molar-refractivity contribution in [3.05, 3.63) is 71.8 Å². The van der Waals surface area contributed by atoms with Crippen LogP contribution in [0.25, 0.3) is 0 Å². The number of esters is 1. The van der Waals surface area contributed by atoms with Crippen LogP contribution in [0.1, 0.15) is 30.9 Å². The number of carbonyl (C=O) groups excluding carboxylic acids is 2. The molecule has 25 heavy (non-hydrogen) atoms. The molecule has 0 saturated heterocycles. The van der Waals surface area contributed by atoms with Gasteiger partial charge in [-0.3, -0.25) is 14.5 Å². The number of hydrogen-bond donors (Lipinski definition) is 0. The lowest BCUT2D eigenvalue weighted by Gasteiger charge is -2.28. The summed E-state index contributed by atoms with van der Waals surface area (Å²) in [6, 6.07) is 19.9. The Kier molecular flexibility index (Phi) is 7.36. The first-order valence-electron chi connectivity index (χ1n) is 8.51. The minimum Gasteiger partial charge on any atom is -0.469 e. The zero-order valence-corrected chi connectivity index (χ0v) is 14.9. The Balaban J connectivity index is 2.09. The maximum Gasteiger partial charge on any atom is 0.305 e. The van der Waals surface area contributed by atoms with Crippen LogP contribution in [0.15, 0.2) is 60.7 Å². The van der Waals surface area contributed by atoms with E-state index in [0.717, 1.165) is 11.1 Å². The van der Waals surface area contributed by atoms with Crippen LogP contribution in [0.4, 0.5) is 0 Å². The Morgan fingerprint density at radius 2 is 1.36 bits per heavy atom. The molecular weight excluding hydrogens is 314 g/mol. The molecule has 0 bridgehead atoms.